The molecule has 0 saturated carbocycles. The number of halogens is 4. The highest BCUT2D eigenvalue weighted by Gasteiger charge is 2.41. The minimum Gasteiger partial charge on any atom is -0.471 e. The molecule has 1 heterocycles. The highest BCUT2D eigenvalue weighted by atomic mass is 19.3. The smallest absolute Gasteiger partial charge is 0.340 e. The third-order valence-corrected chi connectivity index (χ3v) is 2.65. The Balaban J connectivity index is 2.54. The second-order valence-corrected chi connectivity index (χ2v) is 4.73. The van der Waals surface area contributed by atoms with E-state index in [0.717, 1.165) is 12.3 Å². The van der Waals surface area contributed by atoms with Crippen molar-refractivity contribution >= 4 is 5.91 Å². The molecule has 0 aliphatic heterocycles. The molecule has 0 spiro atoms. The van der Waals surface area contributed by atoms with E-state index < -0.39 is 24.9 Å². The van der Waals surface area contributed by atoms with E-state index in [-0.39, 0.29) is 30.5 Å². The fourth-order valence-electron chi connectivity index (χ4n) is 1.27. The van der Waals surface area contributed by atoms with E-state index in [1.54, 1.807) is 6.92 Å². The van der Waals surface area contributed by atoms with Crippen molar-refractivity contribution in [2.75, 3.05) is 19.8 Å². The van der Waals surface area contributed by atoms with E-state index >= 15 is 0 Å². The number of aromatic nitrogens is 1. The molecule has 1 aromatic rings. The SMILES string of the molecule is CC(CO)CNC(=O)c1ccc(OCC(F)(F)C(F)F)nc1. The molecular weight excluding hydrogens is 308 g/mol. The first-order valence-electron chi connectivity index (χ1n) is 6.40. The molecule has 124 valence electrons. The Morgan fingerprint density at radius 1 is 1.45 bits per heavy atom. The average Bonchev–Trinajstić information content (AvgIpc) is 2.50. The molecule has 2 N–H and O–H groups in total. The maximum atomic E-state index is 12.7. The fraction of sp³-hybridized carbons (Fsp3) is 0.538. The molecule has 1 amide bonds. The second kappa shape index (κ2) is 7.92. The normalized spacial score (nSPS) is 13.0. The van der Waals surface area contributed by atoms with Crippen LogP contribution in [-0.4, -0.2) is 48.1 Å². The van der Waals surface area contributed by atoms with Crippen molar-refractivity contribution in [1.29, 1.82) is 0 Å². The number of aliphatic hydroxyl groups excluding tert-OH is 1. The van der Waals surface area contributed by atoms with E-state index in [2.05, 4.69) is 15.0 Å². The number of carbonyl (C=O) groups is 1. The third-order valence-electron chi connectivity index (χ3n) is 2.65. The van der Waals surface area contributed by atoms with Gasteiger partial charge < -0.3 is 15.2 Å². The summed E-state index contributed by atoms with van der Waals surface area (Å²) >= 11 is 0. The van der Waals surface area contributed by atoms with Crippen molar-refractivity contribution in [1.82, 2.24) is 10.3 Å². The van der Waals surface area contributed by atoms with Crippen LogP contribution < -0.4 is 10.1 Å². The quantitative estimate of drug-likeness (QED) is 0.714. The molecule has 0 fully saturated rings. The van der Waals surface area contributed by atoms with Crippen LogP contribution in [0.5, 0.6) is 5.88 Å². The Hall–Kier alpha value is -1.90. The van der Waals surface area contributed by atoms with Crippen LogP contribution in [-0.2, 0) is 0 Å². The summed E-state index contributed by atoms with van der Waals surface area (Å²) in [7, 11) is 0. The molecule has 0 radical (unpaired) electrons. The van der Waals surface area contributed by atoms with Crippen LogP contribution in [0, 0.1) is 5.92 Å². The van der Waals surface area contributed by atoms with Crippen LogP contribution >= 0.6 is 0 Å². The summed E-state index contributed by atoms with van der Waals surface area (Å²) in [6, 6.07) is 2.40. The lowest BCUT2D eigenvalue weighted by Gasteiger charge is -2.15. The van der Waals surface area contributed by atoms with Crippen molar-refractivity contribution < 1.29 is 32.2 Å². The Kier molecular flexibility index (Phi) is 6.54. The van der Waals surface area contributed by atoms with Crippen LogP contribution in [0.25, 0.3) is 0 Å². The van der Waals surface area contributed by atoms with Crippen molar-refractivity contribution in [2.24, 2.45) is 5.92 Å². The second-order valence-electron chi connectivity index (χ2n) is 4.73. The minimum atomic E-state index is -4.27. The van der Waals surface area contributed by atoms with Crippen LogP contribution in [0.1, 0.15) is 17.3 Å². The van der Waals surface area contributed by atoms with Gasteiger partial charge in [0.15, 0.2) is 6.61 Å². The molecule has 1 unspecified atom stereocenters. The van der Waals surface area contributed by atoms with E-state index in [4.69, 9.17) is 5.11 Å². The average molecular weight is 324 g/mol. The predicted octanol–water partition coefficient (Wildman–Crippen LogP) is 1.72. The van der Waals surface area contributed by atoms with Gasteiger partial charge in [-0.05, 0) is 12.0 Å². The predicted molar refractivity (Wildman–Crippen MR) is 69.3 cm³/mol. The number of carbonyl (C=O) groups excluding carboxylic acids is 1. The van der Waals surface area contributed by atoms with Crippen LogP contribution in [0.2, 0.25) is 0 Å². The van der Waals surface area contributed by atoms with Crippen LogP contribution in [0.3, 0.4) is 0 Å². The van der Waals surface area contributed by atoms with Gasteiger partial charge in [0.05, 0.1) is 5.56 Å². The number of hydrogen-bond donors (Lipinski definition) is 2. The number of ether oxygens (including phenoxy) is 1. The summed E-state index contributed by atoms with van der Waals surface area (Å²) in [5, 5.41) is 11.4. The molecule has 0 bridgehead atoms. The summed E-state index contributed by atoms with van der Waals surface area (Å²) in [5.74, 6) is -5.13. The monoisotopic (exact) mass is 324 g/mol. The van der Waals surface area contributed by atoms with Gasteiger partial charge in [-0.15, -0.1) is 0 Å². The lowest BCUT2D eigenvalue weighted by molar-refractivity contribution is -0.148. The molecule has 1 rings (SSSR count). The zero-order chi connectivity index (χ0) is 16.8. The molecule has 1 atom stereocenters. The van der Waals surface area contributed by atoms with Gasteiger partial charge >= 0.3 is 12.3 Å². The first kappa shape index (κ1) is 18.1. The van der Waals surface area contributed by atoms with Crippen molar-refractivity contribution in [2.45, 2.75) is 19.3 Å². The number of alkyl halides is 4. The van der Waals surface area contributed by atoms with Crippen molar-refractivity contribution in [3.8, 4) is 5.88 Å². The number of pyridine rings is 1. The molecular formula is C13H16F4N2O3. The molecule has 0 saturated heterocycles. The topological polar surface area (TPSA) is 71.5 Å². The molecule has 1 aromatic heterocycles. The summed E-state index contributed by atoms with van der Waals surface area (Å²) in [4.78, 5) is 15.3. The number of amides is 1. The Morgan fingerprint density at radius 2 is 2.14 bits per heavy atom. The van der Waals surface area contributed by atoms with Gasteiger partial charge in [-0.3, -0.25) is 4.79 Å². The number of nitrogens with zero attached hydrogens (tertiary/aromatic N) is 1. The maximum Gasteiger partial charge on any atom is 0.340 e. The van der Waals surface area contributed by atoms with Crippen LogP contribution in [0.4, 0.5) is 17.6 Å². The van der Waals surface area contributed by atoms with Gasteiger partial charge in [0.1, 0.15) is 0 Å². The molecule has 0 aliphatic carbocycles. The molecule has 9 heteroatoms. The van der Waals surface area contributed by atoms with Gasteiger partial charge in [0, 0.05) is 25.4 Å². The van der Waals surface area contributed by atoms with E-state index in [1.165, 1.54) is 6.07 Å². The van der Waals surface area contributed by atoms with Crippen molar-refractivity contribution in [3.05, 3.63) is 23.9 Å². The van der Waals surface area contributed by atoms with E-state index in [0.29, 0.717) is 0 Å². The zero-order valence-electron chi connectivity index (χ0n) is 11.7. The number of hydrogen-bond acceptors (Lipinski definition) is 4. The zero-order valence-corrected chi connectivity index (χ0v) is 11.7. The first-order valence-corrected chi connectivity index (χ1v) is 6.40. The summed E-state index contributed by atoms with van der Waals surface area (Å²) in [6.45, 7) is 0.410. The Labute approximate surface area is 124 Å². The van der Waals surface area contributed by atoms with Crippen molar-refractivity contribution in [3.63, 3.8) is 0 Å². The van der Waals surface area contributed by atoms with Gasteiger partial charge in [0.2, 0.25) is 5.88 Å². The molecule has 0 aromatic carbocycles. The minimum absolute atomic E-state index is 0.0797. The summed E-state index contributed by atoms with van der Waals surface area (Å²) < 4.78 is 53.7. The number of rotatable bonds is 8. The molecule has 5 nitrogen and oxygen atoms in total. The Bertz CT molecular complexity index is 483. The first-order chi connectivity index (χ1) is 10.3. The number of aliphatic hydroxyl groups is 1. The van der Waals surface area contributed by atoms with Gasteiger partial charge in [-0.2, -0.15) is 8.78 Å². The van der Waals surface area contributed by atoms with E-state index in [9.17, 15) is 22.4 Å². The largest absolute Gasteiger partial charge is 0.471 e. The van der Waals surface area contributed by atoms with Gasteiger partial charge in [-0.1, -0.05) is 6.92 Å². The van der Waals surface area contributed by atoms with Gasteiger partial charge in [-0.25, -0.2) is 13.8 Å². The van der Waals surface area contributed by atoms with Gasteiger partial charge in [0.25, 0.3) is 5.91 Å². The lowest BCUT2D eigenvalue weighted by atomic mass is 10.2. The highest BCUT2D eigenvalue weighted by Crippen LogP contribution is 2.23. The lowest BCUT2D eigenvalue weighted by Crippen LogP contribution is -2.34. The maximum absolute atomic E-state index is 12.7. The number of nitrogens with one attached hydrogen (secondary N) is 1. The summed E-state index contributed by atoms with van der Waals surface area (Å²) in [6.07, 6.45) is -2.75. The highest BCUT2D eigenvalue weighted by molar-refractivity contribution is 5.93. The molecule has 0 aliphatic rings. The standard InChI is InChI=1S/C13H16F4N2O3/c1-8(6-20)4-19-11(21)9-2-3-10(18-5-9)22-7-13(16,17)12(14)15/h2-3,5,8,12,20H,4,6-7H2,1H3,(H,19,21). The third kappa shape index (κ3) is 5.47. The molecule has 22 heavy (non-hydrogen) atoms. The summed E-state index contributed by atoms with van der Waals surface area (Å²) in [5.41, 5.74) is 0.151. The van der Waals surface area contributed by atoms with Crippen LogP contribution in [0.15, 0.2) is 18.3 Å². The van der Waals surface area contributed by atoms with E-state index in [1.807, 2.05) is 0 Å². The Morgan fingerprint density at radius 3 is 2.64 bits per heavy atom. The fourth-order valence-corrected chi connectivity index (χ4v) is 1.27.